The molecule has 3 rings (SSSR count). The van der Waals surface area contributed by atoms with E-state index < -0.39 is 5.91 Å². The van der Waals surface area contributed by atoms with Crippen molar-refractivity contribution in [2.45, 2.75) is 0 Å². The van der Waals surface area contributed by atoms with Crippen molar-refractivity contribution in [3.63, 3.8) is 0 Å². The maximum atomic E-state index is 12.8. The Morgan fingerprint density at radius 3 is 2.54 bits per heavy atom. The summed E-state index contributed by atoms with van der Waals surface area (Å²) in [7, 11) is 0. The fourth-order valence-corrected chi connectivity index (χ4v) is 3.48. The molecule has 134 valence electrons. The molecule has 2 heterocycles. The molecule has 26 heavy (non-hydrogen) atoms. The van der Waals surface area contributed by atoms with Gasteiger partial charge in [0.1, 0.15) is 23.2 Å². The largest absolute Gasteiger partial charge is 0.505 e. The summed E-state index contributed by atoms with van der Waals surface area (Å²) in [6.07, 6.45) is 1.62. The minimum atomic E-state index is -0.446. The zero-order valence-corrected chi connectivity index (χ0v) is 15.7. The Kier molecular flexibility index (Phi) is 5.42. The van der Waals surface area contributed by atoms with Crippen molar-refractivity contribution in [2.24, 2.45) is 0 Å². The molecule has 0 aliphatic carbocycles. The summed E-state index contributed by atoms with van der Waals surface area (Å²) in [6.45, 7) is 1.73. The third-order valence-electron chi connectivity index (χ3n) is 4.13. The number of hydrogen-bond donors (Lipinski definition) is 1. The number of benzene rings is 1. The van der Waals surface area contributed by atoms with Gasteiger partial charge in [0.25, 0.3) is 5.91 Å². The Bertz CT molecular complexity index is 879. The standard InChI is InChI=1S/C17H13Cl3N4O2/c18-11-8-12(19)15(25)13(14(11)20)17(26)24-6-4-23(5-7-24)16-10(9-21)2-1-3-22-16/h1-3,8,25H,4-7H2. The van der Waals surface area contributed by atoms with Crippen LogP contribution >= 0.6 is 34.8 Å². The number of halogens is 3. The Hall–Kier alpha value is -2.20. The monoisotopic (exact) mass is 410 g/mol. The molecule has 1 aromatic carbocycles. The molecule has 9 heteroatoms. The highest BCUT2D eigenvalue weighted by Gasteiger charge is 2.29. The van der Waals surface area contributed by atoms with E-state index in [1.54, 1.807) is 23.2 Å². The van der Waals surface area contributed by atoms with Gasteiger partial charge in [-0.15, -0.1) is 0 Å². The molecule has 1 saturated heterocycles. The van der Waals surface area contributed by atoms with E-state index in [9.17, 15) is 15.2 Å². The molecule has 1 aliphatic rings. The molecule has 1 amide bonds. The van der Waals surface area contributed by atoms with E-state index in [1.165, 1.54) is 6.07 Å². The number of piperazine rings is 1. The number of aromatic nitrogens is 1. The van der Waals surface area contributed by atoms with Crippen molar-refractivity contribution in [3.05, 3.63) is 50.6 Å². The first kappa shape index (κ1) is 18.6. The molecule has 0 unspecified atom stereocenters. The van der Waals surface area contributed by atoms with Crippen molar-refractivity contribution in [2.75, 3.05) is 31.1 Å². The van der Waals surface area contributed by atoms with E-state index in [-0.39, 0.29) is 26.4 Å². The number of amides is 1. The second-order valence-corrected chi connectivity index (χ2v) is 6.84. The lowest BCUT2D eigenvalue weighted by atomic mass is 10.1. The normalized spacial score (nSPS) is 14.2. The lowest BCUT2D eigenvalue weighted by Crippen LogP contribution is -2.49. The van der Waals surface area contributed by atoms with Gasteiger partial charge in [-0.25, -0.2) is 4.98 Å². The first-order valence-corrected chi connectivity index (χ1v) is 8.83. The predicted molar refractivity (Wildman–Crippen MR) is 100 cm³/mol. The minimum Gasteiger partial charge on any atom is -0.505 e. The van der Waals surface area contributed by atoms with Gasteiger partial charge in [0.2, 0.25) is 0 Å². The van der Waals surface area contributed by atoms with Crippen LogP contribution in [0.1, 0.15) is 15.9 Å². The van der Waals surface area contributed by atoms with Crippen LogP contribution in [0.3, 0.4) is 0 Å². The average molecular weight is 412 g/mol. The van der Waals surface area contributed by atoms with Gasteiger partial charge in [0.05, 0.1) is 20.6 Å². The summed E-state index contributed by atoms with van der Waals surface area (Å²) in [5.74, 6) is -0.239. The molecule has 0 spiro atoms. The topological polar surface area (TPSA) is 80.5 Å². The molecule has 0 bridgehead atoms. The van der Waals surface area contributed by atoms with Gasteiger partial charge in [-0.2, -0.15) is 5.26 Å². The van der Waals surface area contributed by atoms with Gasteiger partial charge in [0, 0.05) is 32.4 Å². The van der Waals surface area contributed by atoms with Crippen molar-refractivity contribution >= 4 is 46.5 Å². The van der Waals surface area contributed by atoms with Crippen LogP contribution in [-0.4, -0.2) is 47.1 Å². The Labute approximate surface area is 165 Å². The molecular formula is C17H13Cl3N4O2. The number of carbonyl (C=O) groups excluding carboxylic acids is 1. The number of anilines is 1. The van der Waals surface area contributed by atoms with E-state index in [1.807, 2.05) is 4.90 Å². The van der Waals surface area contributed by atoms with E-state index in [4.69, 9.17) is 34.8 Å². The summed E-state index contributed by atoms with van der Waals surface area (Å²) in [6, 6.07) is 6.81. The zero-order valence-electron chi connectivity index (χ0n) is 13.4. The first-order valence-electron chi connectivity index (χ1n) is 7.69. The second kappa shape index (κ2) is 7.58. The van der Waals surface area contributed by atoms with Crippen LogP contribution in [0.15, 0.2) is 24.4 Å². The Morgan fingerprint density at radius 1 is 1.19 bits per heavy atom. The van der Waals surface area contributed by atoms with E-state index in [2.05, 4.69) is 11.1 Å². The van der Waals surface area contributed by atoms with E-state index in [0.29, 0.717) is 37.6 Å². The summed E-state index contributed by atoms with van der Waals surface area (Å²) in [5, 5.41) is 19.4. The van der Waals surface area contributed by atoms with Gasteiger partial charge in [-0.3, -0.25) is 4.79 Å². The average Bonchev–Trinajstić information content (AvgIpc) is 2.66. The molecule has 1 N–H and O–H groups in total. The van der Waals surface area contributed by atoms with Gasteiger partial charge in [0.15, 0.2) is 0 Å². The van der Waals surface area contributed by atoms with Crippen molar-refractivity contribution in [1.29, 1.82) is 5.26 Å². The molecule has 0 radical (unpaired) electrons. The molecule has 1 aliphatic heterocycles. The van der Waals surface area contributed by atoms with Crippen LogP contribution in [0, 0.1) is 11.3 Å². The maximum Gasteiger partial charge on any atom is 0.259 e. The van der Waals surface area contributed by atoms with Gasteiger partial charge < -0.3 is 14.9 Å². The summed E-state index contributed by atoms with van der Waals surface area (Å²) >= 11 is 18.0. The summed E-state index contributed by atoms with van der Waals surface area (Å²) in [5.41, 5.74) is 0.378. The Morgan fingerprint density at radius 2 is 1.88 bits per heavy atom. The number of hydrogen-bond acceptors (Lipinski definition) is 5. The van der Waals surface area contributed by atoms with Crippen molar-refractivity contribution < 1.29 is 9.90 Å². The number of phenolic OH excluding ortho intramolecular Hbond substituents is 1. The van der Waals surface area contributed by atoms with Crippen LogP contribution in [0.5, 0.6) is 5.75 Å². The number of phenols is 1. The van der Waals surface area contributed by atoms with E-state index in [0.717, 1.165) is 0 Å². The third kappa shape index (κ3) is 3.38. The highest BCUT2D eigenvalue weighted by molar-refractivity contribution is 6.45. The SMILES string of the molecule is N#Cc1cccnc1N1CCN(C(=O)c2c(O)c(Cl)cc(Cl)c2Cl)CC1. The fraction of sp³-hybridized carbons (Fsp3) is 0.235. The second-order valence-electron chi connectivity index (χ2n) is 5.64. The summed E-state index contributed by atoms with van der Waals surface area (Å²) in [4.78, 5) is 20.5. The predicted octanol–water partition coefficient (Wildman–Crippen LogP) is 3.58. The number of carbonyl (C=O) groups is 1. The lowest BCUT2D eigenvalue weighted by Gasteiger charge is -2.36. The molecule has 0 atom stereocenters. The number of pyridine rings is 1. The number of aromatic hydroxyl groups is 1. The lowest BCUT2D eigenvalue weighted by molar-refractivity contribution is 0.0743. The molecule has 1 fully saturated rings. The Balaban J connectivity index is 1.79. The van der Waals surface area contributed by atoms with Crippen LogP contribution in [0.4, 0.5) is 5.82 Å². The third-order valence-corrected chi connectivity index (χ3v) is 5.21. The highest BCUT2D eigenvalue weighted by Crippen LogP contribution is 2.39. The summed E-state index contributed by atoms with van der Waals surface area (Å²) < 4.78 is 0. The van der Waals surface area contributed by atoms with Crippen LogP contribution in [0.2, 0.25) is 15.1 Å². The van der Waals surface area contributed by atoms with Crippen molar-refractivity contribution in [1.82, 2.24) is 9.88 Å². The van der Waals surface area contributed by atoms with Crippen LogP contribution < -0.4 is 4.90 Å². The fourth-order valence-electron chi connectivity index (χ4n) is 2.80. The number of nitrogens with zero attached hydrogens (tertiary/aromatic N) is 4. The van der Waals surface area contributed by atoms with E-state index >= 15 is 0 Å². The molecular weight excluding hydrogens is 399 g/mol. The highest BCUT2D eigenvalue weighted by atomic mass is 35.5. The molecule has 1 aromatic heterocycles. The van der Waals surface area contributed by atoms with Gasteiger partial charge in [-0.1, -0.05) is 34.8 Å². The van der Waals surface area contributed by atoms with Crippen LogP contribution in [0.25, 0.3) is 0 Å². The van der Waals surface area contributed by atoms with Gasteiger partial charge in [-0.05, 0) is 18.2 Å². The molecule has 0 saturated carbocycles. The molecule has 2 aromatic rings. The first-order chi connectivity index (χ1) is 12.4. The quantitative estimate of drug-likeness (QED) is 0.764. The minimum absolute atomic E-state index is 0.0301. The smallest absolute Gasteiger partial charge is 0.259 e. The van der Waals surface area contributed by atoms with Gasteiger partial charge >= 0.3 is 0 Å². The van der Waals surface area contributed by atoms with Crippen LogP contribution in [-0.2, 0) is 0 Å². The number of nitriles is 1. The van der Waals surface area contributed by atoms with Crippen molar-refractivity contribution in [3.8, 4) is 11.8 Å². The zero-order chi connectivity index (χ0) is 18.8. The molecule has 6 nitrogen and oxygen atoms in total. The maximum absolute atomic E-state index is 12.8. The number of rotatable bonds is 2.